The molecule has 0 heterocycles. The Morgan fingerprint density at radius 2 is 1.93 bits per heavy atom. The van der Waals surface area contributed by atoms with E-state index in [0.29, 0.717) is 6.42 Å². The van der Waals surface area contributed by atoms with Gasteiger partial charge in [0.05, 0.1) is 25.1 Å². The SMILES string of the molecule is CCCCC(Cc1cccc(OC)c1)NC(=O)Cc1ccc(OC)c(Br)c1. The summed E-state index contributed by atoms with van der Waals surface area (Å²) in [7, 11) is 3.30. The zero-order chi connectivity index (χ0) is 19.6. The van der Waals surface area contributed by atoms with Crippen molar-refractivity contribution in [2.45, 2.75) is 45.1 Å². The molecular formula is C22H28BrNO3. The van der Waals surface area contributed by atoms with Crippen LogP contribution in [-0.2, 0) is 17.6 Å². The standard InChI is InChI=1S/C22H28BrNO3/c1-4-5-8-18(12-16-7-6-9-19(13-16)26-2)24-22(25)15-17-10-11-21(27-3)20(23)14-17/h6-7,9-11,13-14,18H,4-5,8,12,15H2,1-3H3,(H,24,25). The average Bonchev–Trinajstić information content (AvgIpc) is 2.66. The number of nitrogens with one attached hydrogen (secondary N) is 1. The van der Waals surface area contributed by atoms with Gasteiger partial charge in [0.1, 0.15) is 11.5 Å². The molecule has 146 valence electrons. The molecule has 0 fully saturated rings. The number of carbonyl (C=O) groups is 1. The van der Waals surface area contributed by atoms with E-state index in [9.17, 15) is 4.79 Å². The lowest BCUT2D eigenvalue weighted by Gasteiger charge is -2.19. The number of halogens is 1. The second kappa shape index (κ2) is 11.0. The third kappa shape index (κ3) is 6.90. The summed E-state index contributed by atoms with van der Waals surface area (Å²) in [6, 6.07) is 13.9. The molecule has 2 rings (SSSR count). The van der Waals surface area contributed by atoms with Crippen molar-refractivity contribution in [1.29, 1.82) is 0 Å². The maximum atomic E-state index is 12.6. The summed E-state index contributed by atoms with van der Waals surface area (Å²) in [4.78, 5) is 12.6. The van der Waals surface area contributed by atoms with Crippen LogP contribution in [0.25, 0.3) is 0 Å². The third-order valence-corrected chi connectivity index (χ3v) is 5.09. The van der Waals surface area contributed by atoms with Crippen molar-refractivity contribution < 1.29 is 14.3 Å². The third-order valence-electron chi connectivity index (χ3n) is 4.47. The van der Waals surface area contributed by atoms with Gasteiger partial charge in [-0.2, -0.15) is 0 Å². The van der Waals surface area contributed by atoms with Crippen LogP contribution in [0.4, 0.5) is 0 Å². The van der Waals surface area contributed by atoms with Crippen LogP contribution in [0.1, 0.15) is 37.3 Å². The highest BCUT2D eigenvalue weighted by molar-refractivity contribution is 9.10. The molecule has 1 amide bonds. The fraction of sp³-hybridized carbons (Fsp3) is 0.409. The molecule has 1 unspecified atom stereocenters. The maximum absolute atomic E-state index is 12.6. The van der Waals surface area contributed by atoms with Gasteiger partial charge in [-0.05, 0) is 64.2 Å². The van der Waals surface area contributed by atoms with E-state index < -0.39 is 0 Å². The van der Waals surface area contributed by atoms with Gasteiger partial charge in [0, 0.05) is 6.04 Å². The molecular weight excluding hydrogens is 406 g/mol. The van der Waals surface area contributed by atoms with E-state index in [1.807, 2.05) is 36.4 Å². The molecule has 0 aliphatic heterocycles. The monoisotopic (exact) mass is 433 g/mol. The fourth-order valence-corrected chi connectivity index (χ4v) is 3.63. The zero-order valence-corrected chi connectivity index (χ0v) is 17.8. The lowest BCUT2D eigenvalue weighted by molar-refractivity contribution is -0.121. The molecule has 2 aromatic carbocycles. The maximum Gasteiger partial charge on any atom is 0.224 e. The predicted molar refractivity (Wildman–Crippen MR) is 113 cm³/mol. The summed E-state index contributed by atoms with van der Waals surface area (Å²) >= 11 is 3.47. The number of benzene rings is 2. The molecule has 0 radical (unpaired) electrons. The molecule has 4 nitrogen and oxygen atoms in total. The summed E-state index contributed by atoms with van der Waals surface area (Å²) in [6.45, 7) is 2.17. The van der Waals surface area contributed by atoms with Gasteiger partial charge in [-0.3, -0.25) is 4.79 Å². The molecule has 2 aromatic rings. The number of methoxy groups -OCH3 is 2. The summed E-state index contributed by atoms with van der Waals surface area (Å²) in [5.41, 5.74) is 2.12. The van der Waals surface area contributed by atoms with Gasteiger partial charge in [-0.1, -0.05) is 38.0 Å². The lowest BCUT2D eigenvalue weighted by Crippen LogP contribution is -2.37. The Balaban J connectivity index is 2.01. The van der Waals surface area contributed by atoms with Crippen LogP contribution in [0.5, 0.6) is 11.5 Å². The van der Waals surface area contributed by atoms with Gasteiger partial charge in [0.25, 0.3) is 0 Å². The van der Waals surface area contributed by atoms with Gasteiger partial charge in [-0.25, -0.2) is 0 Å². The first-order valence-electron chi connectivity index (χ1n) is 9.30. The number of ether oxygens (including phenoxy) is 2. The van der Waals surface area contributed by atoms with E-state index in [0.717, 1.165) is 47.2 Å². The quantitative estimate of drug-likeness (QED) is 0.577. The lowest BCUT2D eigenvalue weighted by atomic mass is 10.00. The van der Waals surface area contributed by atoms with Crippen molar-refractivity contribution in [2.75, 3.05) is 14.2 Å². The topological polar surface area (TPSA) is 47.6 Å². The van der Waals surface area contributed by atoms with E-state index in [2.05, 4.69) is 34.2 Å². The fourth-order valence-electron chi connectivity index (χ4n) is 3.04. The molecule has 0 aromatic heterocycles. The highest BCUT2D eigenvalue weighted by atomic mass is 79.9. The Morgan fingerprint density at radius 1 is 1.11 bits per heavy atom. The molecule has 0 saturated carbocycles. The van der Waals surface area contributed by atoms with E-state index in [4.69, 9.17) is 9.47 Å². The van der Waals surface area contributed by atoms with Gasteiger partial charge >= 0.3 is 0 Å². The first kappa shape index (κ1) is 21.3. The Labute approximate surface area is 170 Å². The van der Waals surface area contributed by atoms with E-state index >= 15 is 0 Å². The summed E-state index contributed by atoms with van der Waals surface area (Å²) < 4.78 is 11.4. The molecule has 1 atom stereocenters. The number of hydrogen-bond donors (Lipinski definition) is 1. The predicted octanol–water partition coefficient (Wildman–Crippen LogP) is 4.93. The van der Waals surface area contributed by atoms with Crippen LogP contribution in [0.3, 0.4) is 0 Å². The Bertz CT molecular complexity index is 748. The first-order chi connectivity index (χ1) is 13.0. The van der Waals surface area contributed by atoms with Crippen molar-refractivity contribution >= 4 is 21.8 Å². The number of carbonyl (C=O) groups excluding carboxylic acids is 1. The minimum atomic E-state index is 0.0380. The van der Waals surface area contributed by atoms with Gasteiger partial charge in [0.2, 0.25) is 5.91 Å². The number of rotatable bonds is 10. The van der Waals surface area contributed by atoms with Gasteiger partial charge in [0.15, 0.2) is 0 Å². The molecule has 0 aliphatic carbocycles. The second-order valence-corrected chi connectivity index (χ2v) is 7.46. The molecule has 0 aliphatic rings. The highest BCUT2D eigenvalue weighted by Gasteiger charge is 2.14. The minimum Gasteiger partial charge on any atom is -0.497 e. The van der Waals surface area contributed by atoms with Crippen LogP contribution in [0.15, 0.2) is 46.9 Å². The number of hydrogen-bond acceptors (Lipinski definition) is 3. The normalized spacial score (nSPS) is 11.7. The highest BCUT2D eigenvalue weighted by Crippen LogP contribution is 2.25. The van der Waals surface area contributed by atoms with Crippen molar-refractivity contribution in [2.24, 2.45) is 0 Å². The van der Waals surface area contributed by atoms with Crippen LogP contribution in [0.2, 0.25) is 0 Å². The zero-order valence-electron chi connectivity index (χ0n) is 16.3. The molecule has 0 saturated heterocycles. The number of amides is 1. The molecule has 0 bridgehead atoms. The van der Waals surface area contributed by atoms with Crippen LogP contribution >= 0.6 is 15.9 Å². The van der Waals surface area contributed by atoms with Crippen molar-refractivity contribution in [3.05, 3.63) is 58.1 Å². The largest absolute Gasteiger partial charge is 0.497 e. The molecule has 0 spiro atoms. The molecule has 5 heteroatoms. The van der Waals surface area contributed by atoms with E-state index in [1.165, 1.54) is 5.56 Å². The first-order valence-corrected chi connectivity index (χ1v) is 10.1. The van der Waals surface area contributed by atoms with Crippen LogP contribution < -0.4 is 14.8 Å². The Morgan fingerprint density at radius 3 is 2.59 bits per heavy atom. The number of unbranched alkanes of at least 4 members (excludes halogenated alkanes) is 1. The molecule has 27 heavy (non-hydrogen) atoms. The van der Waals surface area contributed by atoms with E-state index in [1.54, 1.807) is 14.2 Å². The summed E-state index contributed by atoms with van der Waals surface area (Å²) in [5, 5.41) is 3.21. The van der Waals surface area contributed by atoms with Gasteiger partial charge in [-0.15, -0.1) is 0 Å². The van der Waals surface area contributed by atoms with Crippen LogP contribution in [-0.4, -0.2) is 26.2 Å². The molecule has 1 N–H and O–H groups in total. The van der Waals surface area contributed by atoms with Gasteiger partial charge < -0.3 is 14.8 Å². The van der Waals surface area contributed by atoms with E-state index in [-0.39, 0.29) is 11.9 Å². The average molecular weight is 434 g/mol. The second-order valence-electron chi connectivity index (χ2n) is 6.61. The Kier molecular flexibility index (Phi) is 8.65. The van der Waals surface area contributed by atoms with Crippen molar-refractivity contribution in [1.82, 2.24) is 5.32 Å². The van der Waals surface area contributed by atoms with Crippen molar-refractivity contribution in [3.8, 4) is 11.5 Å². The van der Waals surface area contributed by atoms with Crippen LogP contribution in [0, 0.1) is 0 Å². The summed E-state index contributed by atoms with van der Waals surface area (Å²) in [6.07, 6.45) is 4.31. The Hall–Kier alpha value is -2.01. The minimum absolute atomic E-state index is 0.0380. The van der Waals surface area contributed by atoms with Crippen molar-refractivity contribution in [3.63, 3.8) is 0 Å². The summed E-state index contributed by atoms with van der Waals surface area (Å²) in [5.74, 6) is 1.64. The smallest absolute Gasteiger partial charge is 0.224 e.